The third-order valence-corrected chi connectivity index (χ3v) is 3.03. The molecule has 2 rings (SSSR count). The van der Waals surface area contributed by atoms with E-state index < -0.39 is 0 Å². The molecular weight excluding hydrogens is 271 g/mol. The van der Waals surface area contributed by atoms with Crippen molar-refractivity contribution in [3.63, 3.8) is 0 Å². The summed E-state index contributed by atoms with van der Waals surface area (Å²) in [6.45, 7) is 4.09. The van der Waals surface area contributed by atoms with Gasteiger partial charge in [0.15, 0.2) is 0 Å². The molecule has 1 fully saturated rings. The van der Waals surface area contributed by atoms with E-state index in [0.29, 0.717) is 6.54 Å². The van der Waals surface area contributed by atoms with Crippen LogP contribution in [-0.2, 0) is 6.54 Å². The average Bonchev–Trinajstić information content (AvgIpc) is 2.84. The number of benzene rings is 1. The summed E-state index contributed by atoms with van der Waals surface area (Å²) in [4.78, 5) is 2.44. The molecule has 18 heavy (non-hydrogen) atoms. The first-order chi connectivity index (χ1) is 7.90. The van der Waals surface area contributed by atoms with Gasteiger partial charge in [0.05, 0.1) is 6.61 Å². The van der Waals surface area contributed by atoms with Gasteiger partial charge in [-0.2, -0.15) is 0 Å². The molecule has 1 heterocycles. The maximum absolute atomic E-state index is 8.66. The highest BCUT2D eigenvalue weighted by Crippen LogP contribution is 2.20. The molecule has 0 atom stereocenters. The molecule has 1 aromatic carbocycles. The van der Waals surface area contributed by atoms with E-state index in [1.165, 1.54) is 37.2 Å². The van der Waals surface area contributed by atoms with Gasteiger partial charge in [-0.3, -0.25) is 0 Å². The summed E-state index contributed by atoms with van der Waals surface area (Å²) in [7, 11) is 0. The predicted molar refractivity (Wildman–Crippen MR) is 81.2 cm³/mol. The number of nitrogens with one attached hydrogen (secondary N) is 1. The van der Waals surface area contributed by atoms with Crippen LogP contribution in [0, 0.1) is 0 Å². The van der Waals surface area contributed by atoms with Crippen LogP contribution in [-0.4, -0.2) is 31.3 Å². The fraction of sp³-hybridized carbons (Fsp3) is 0.538. The van der Waals surface area contributed by atoms with Gasteiger partial charge in [0.1, 0.15) is 0 Å². The van der Waals surface area contributed by atoms with Crippen molar-refractivity contribution in [3.8, 4) is 0 Å². The average molecular weight is 293 g/mol. The van der Waals surface area contributed by atoms with Crippen LogP contribution >= 0.6 is 24.8 Å². The Balaban J connectivity index is 0.00000144. The van der Waals surface area contributed by atoms with Crippen molar-refractivity contribution in [1.82, 2.24) is 5.32 Å². The number of anilines is 1. The van der Waals surface area contributed by atoms with Crippen LogP contribution in [0.2, 0.25) is 0 Å². The molecule has 0 spiro atoms. The Kier molecular flexibility index (Phi) is 9.20. The third-order valence-electron chi connectivity index (χ3n) is 3.03. The fourth-order valence-corrected chi connectivity index (χ4v) is 2.11. The number of rotatable bonds is 5. The van der Waals surface area contributed by atoms with Crippen LogP contribution in [0.15, 0.2) is 24.3 Å². The molecule has 0 bridgehead atoms. The quantitative estimate of drug-likeness (QED) is 0.817. The molecule has 0 radical (unpaired) electrons. The van der Waals surface area contributed by atoms with Crippen molar-refractivity contribution in [3.05, 3.63) is 29.8 Å². The Morgan fingerprint density at radius 1 is 1.06 bits per heavy atom. The van der Waals surface area contributed by atoms with E-state index in [4.69, 9.17) is 5.11 Å². The van der Waals surface area contributed by atoms with Gasteiger partial charge in [0.2, 0.25) is 0 Å². The van der Waals surface area contributed by atoms with Crippen LogP contribution < -0.4 is 10.2 Å². The van der Waals surface area contributed by atoms with Gasteiger partial charge in [0.25, 0.3) is 0 Å². The van der Waals surface area contributed by atoms with Crippen molar-refractivity contribution in [2.24, 2.45) is 0 Å². The molecule has 0 amide bonds. The van der Waals surface area contributed by atoms with Gasteiger partial charge in [-0.1, -0.05) is 12.1 Å². The molecule has 104 valence electrons. The molecule has 0 aromatic heterocycles. The summed E-state index contributed by atoms with van der Waals surface area (Å²) in [5.41, 5.74) is 2.61. The van der Waals surface area contributed by atoms with E-state index in [-0.39, 0.29) is 31.4 Å². The lowest BCUT2D eigenvalue weighted by Crippen LogP contribution is -2.18. The Morgan fingerprint density at radius 3 is 2.22 bits per heavy atom. The fourth-order valence-electron chi connectivity index (χ4n) is 2.11. The van der Waals surface area contributed by atoms with E-state index in [0.717, 1.165) is 6.54 Å². The van der Waals surface area contributed by atoms with E-state index in [1.807, 2.05) is 0 Å². The minimum atomic E-state index is 0. The Labute approximate surface area is 121 Å². The molecule has 1 aromatic rings. The highest BCUT2D eigenvalue weighted by molar-refractivity contribution is 5.85. The zero-order valence-electron chi connectivity index (χ0n) is 10.5. The van der Waals surface area contributed by atoms with E-state index in [9.17, 15) is 0 Å². The third kappa shape index (κ3) is 5.02. The minimum absolute atomic E-state index is 0. The molecule has 0 aliphatic carbocycles. The smallest absolute Gasteiger partial charge is 0.0556 e. The van der Waals surface area contributed by atoms with Crippen molar-refractivity contribution in [2.75, 3.05) is 31.1 Å². The number of hydrogen-bond acceptors (Lipinski definition) is 3. The SMILES string of the molecule is Cl.Cl.OCCNCc1ccc(N2CCCC2)cc1. The van der Waals surface area contributed by atoms with Gasteiger partial charge >= 0.3 is 0 Å². The van der Waals surface area contributed by atoms with Crippen molar-refractivity contribution in [2.45, 2.75) is 19.4 Å². The lowest BCUT2D eigenvalue weighted by atomic mass is 10.2. The number of halogens is 2. The summed E-state index contributed by atoms with van der Waals surface area (Å²) >= 11 is 0. The van der Waals surface area contributed by atoms with Crippen LogP contribution in [0.3, 0.4) is 0 Å². The van der Waals surface area contributed by atoms with Crippen molar-refractivity contribution >= 4 is 30.5 Å². The zero-order chi connectivity index (χ0) is 11.2. The van der Waals surface area contributed by atoms with Gasteiger partial charge in [0, 0.05) is 31.9 Å². The summed E-state index contributed by atoms with van der Waals surface area (Å²) in [5.74, 6) is 0. The number of nitrogens with zero attached hydrogens (tertiary/aromatic N) is 1. The first kappa shape index (κ1) is 17.5. The number of aliphatic hydroxyl groups excluding tert-OH is 1. The van der Waals surface area contributed by atoms with Gasteiger partial charge in [-0.05, 0) is 30.5 Å². The summed E-state index contributed by atoms with van der Waals surface area (Å²) in [6, 6.07) is 8.72. The Bertz CT molecular complexity index is 313. The van der Waals surface area contributed by atoms with Crippen molar-refractivity contribution in [1.29, 1.82) is 0 Å². The Hall–Kier alpha value is -0.480. The number of aliphatic hydroxyl groups is 1. The molecular formula is C13H22Cl2N2O. The molecule has 2 N–H and O–H groups in total. The Morgan fingerprint density at radius 2 is 1.67 bits per heavy atom. The standard InChI is InChI=1S/C13H20N2O.2ClH/c16-10-7-14-11-12-3-5-13(6-4-12)15-8-1-2-9-15;;/h3-6,14,16H,1-2,7-11H2;2*1H. The molecule has 3 nitrogen and oxygen atoms in total. The van der Waals surface area contributed by atoms with E-state index in [2.05, 4.69) is 34.5 Å². The first-order valence-electron chi connectivity index (χ1n) is 6.05. The van der Waals surface area contributed by atoms with Crippen LogP contribution in [0.5, 0.6) is 0 Å². The second kappa shape index (κ2) is 9.45. The summed E-state index contributed by atoms with van der Waals surface area (Å²) in [6.07, 6.45) is 2.64. The highest BCUT2D eigenvalue weighted by atomic mass is 35.5. The molecule has 5 heteroatoms. The van der Waals surface area contributed by atoms with Gasteiger partial charge in [-0.25, -0.2) is 0 Å². The van der Waals surface area contributed by atoms with Crippen LogP contribution in [0.4, 0.5) is 5.69 Å². The monoisotopic (exact) mass is 292 g/mol. The van der Waals surface area contributed by atoms with Crippen LogP contribution in [0.25, 0.3) is 0 Å². The van der Waals surface area contributed by atoms with Crippen molar-refractivity contribution < 1.29 is 5.11 Å². The predicted octanol–water partition coefficient (Wildman–Crippen LogP) is 2.21. The van der Waals surface area contributed by atoms with Gasteiger partial charge < -0.3 is 15.3 Å². The van der Waals surface area contributed by atoms with E-state index >= 15 is 0 Å². The maximum Gasteiger partial charge on any atom is 0.0556 e. The molecule has 0 saturated carbocycles. The summed E-state index contributed by atoms with van der Waals surface area (Å²) in [5, 5.41) is 11.8. The largest absolute Gasteiger partial charge is 0.395 e. The first-order valence-corrected chi connectivity index (χ1v) is 6.05. The van der Waals surface area contributed by atoms with E-state index in [1.54, 1.807) is 0 Å². The zero-order valence-corrected chi connectivity index (χ0v) is 12.1. The topological polar surface area (TPSA) is 35.5 Å². The molecule has 1 aliphatic rings. The summed E-state index contributed by atoms with van der Waals surface area (Å²) < 4.78 is 0. The minimum Gasteiger partial charge on any atom is -0.395 e. The van der Waals surface area contributed by atoms with Gasteiger partial charge in [-0.15, -0.1) is 24.8 Å². The second-order valence-electron chi connectivity index (χ2n) is 4.26. The molecule has 1 saturated heterocycles. The number of hydrogen-bond donors (Lipinski definition) is 2. The normalized spacial score (nSPS) is 13.9. The lowest BCUT2D eigenvalue weighted by Gasteiger charge is -2.17. The second-order valence-corrected chi connectivity index (χ2v) is 4.26. The maximum atomic E-state index is 8.66. The molecule has 0 unspecified atom stereocenters. The highest BCUT2D eigenvalue weighted by Gasteiger charge is 2.11. The lowest BCUT2D eigenvalue weighted by molar-refractivity contribution is 0.292. The molecule has 1 aliphatic heterocycles. The van der Waals surface area contributed by atoms with Crippen LogP contribution in [0.1, 0.15) is 18.4 Å².